The van der Waals surface area contributed by atoms with Crippen molar-refractivity contribution in [3.8, 4) is 0 Å². The fourth-order valence-electron chi connectivity index (χ4n) is 0.961. The zero-order valence-electron chi connectivity index (χ0n) is 6.20. The third-order valence-electron chi connectivity index (χ3n) is 1.72. The van der Waals surface area contributed by atoms with E-state index in [4.69, 9.17) is 10.6 Å². The summed E-state index contributed by atoms with van der Waals surface area (Å²) in [6.07, 6.45) is -0.418. The molecular weight excluding hydrogens is 132 g/mol. The van der Waals surface area contributed by atoms with E-state index in [1.165, 1.54) is 0 Å². The van der Waals surface area contributed by atoms with Gasteiger partial charge < -0.3 is 4.74 Å². The molecule has 0 aromatic rings. The Bertz CT molecular complexity index is 147. The summed E-state index contributed by atoms with van der Waals surface area (Å²) in [5.74, 6) is 5.74. The predicted octanol–water partition coefficient (Wildman–Crippen LogP) is 0.337. The van der Waals surface area contributed by atoms with Crippen LogP contribution in [0.3, 0.4) is 0 Å². The van der Waals surface area contributed by atoms with E-state index in [1.54, 1.807) is 0 Å². The van der Waals surface area contributed by atoms with E-state index in [9.17, 15) is 4.79 Å². The van der Waals surface area contributed by atoms with Crippen molar-refractivity contribution in [1.29, 1.82) is 0 Å². The molecule has 1 amide bonds. The number of hydrogen-bond donors (Lipinski definition) is 1. The van der Waals surface area contributed by atoms with Crippen molar-refractivity contribution in [1.82, 2.24) is 5.01 Å². The maximum absolute atomic E-state index is 10.7. The van der Waals surface area contributed by atoms with E-state index in [0.29, 0.717) is 12.5 Å². The molecule has 0 aliphatic carbocycles. The lowest BCUT2D eigenvalue weighted by Gasteiger charge is -2.18. The van der Waals surface area contributed by atoms with E-state index in [1.807, 2.05) is 13.8 Å². The summed E-state index contributed by atoms with van der Waals surface area (Å²) in [5.41, 5.74) is 0. The molecule has 1 atom stereocenters. The van der Waals surface area contributed by atoms with Crippen LogP contribution >= 0.6 is 0 Å². The second kappa shape index (κ2) is 2.46. The van der Waals surface area contributed by atoms with Crippen LogP contribution in [-0.4, -0.2) is 23.8 Å². The molecule has 0 radical (unpaired) electrons. The molecule has 2 N–H and O–H groups in total. The van der Waals surface area contributed by atoms with Crippen molar-refractivity contribution >= 4 is 6.09 Å². The first-order valence-electron chi connectivity index (χ1n) is 3.33. The Labute approximate surface area is 59.9 Å². The predicted molar refractivity (Wildman–Crippen MR) is 36.0 cm³/mol. The van der Waals surface area contributed by atoms with E-state index >= 15 is 0 Å². The Morgan fingerprint density at radius 1 is 1.80 bits per heavy atom. The highest BCUT2D eigenvalue weighted by molar-refractivity contribution is 5.69. The van der Waals surface area contributed by atoms with Gasteiger partial charge in [-0.15, -0.1) is 0 Å². The van der Waals surface area contributed by atoms with Gasteiger partial charge in [-0.05, 0) is 5.92 Å². The van der Waals surface area contributed by atoms with Crippen molar-refractivity contribution in [3.63, 3.8) is 0 Å². The second-order valence-corrected chi connectivity index (χ2v) is 2.80. The van der Waals surface area contributed by atoms with Gasteiger partial charge in [0.1, 0.15) is 6.61 Å². The summed E-state index contributed by atoms with van der Waals surface area (Å²) in [5, 5.41) is 1.16. The monoisotopic (exact) mass is 144 g/mol. The number of hydrogen-bond acceptors (Lipinski definition) is 3. The SMILES string of the molecule is CC(C)C1COC(=O)N1N. The number of nitrogens with two attached hydrogens (primary N) is 1. The summed E-state index contributed by atoms with van der Waals surface area (Å²) in [4.78, 5) is 10.7. The van der Waals surface area contributed by atoms with Gasteiger partial charge in [0.2, 0.25) is 0 Å². The molecule has 1 fully saturated rings. The Morgan fingerprint density at radius 2 is 2.40 bits per heavy atom. The zero-order valence-corrected chi connectivity index (χ0v) is 6.20. The lowest BCUT2D eigenvalue weighted by atomic mass is 10.1. The van der Waals surface area contributed by atoms with Crippen LogP contribution in [0.1, 0.15) is 13.8 Å². The molecule has 10 heavy (non-hydrogen) atoms. The molecule has 0 spiro atoms. The van der Waals surface area contributed by atoms with Gasteiger partial charge in [-0.1, -0.05) is 13.8 Å². The van der Waals surface area contributed by atoms with Crippen molar-refractivity contribution in [2.75, 3.05) is 6.61 Å². The van der Waals surface area contributed by atoms with Crippen LogP contribution in [-0.2, 0) is 4.74 Å². The summed E-state index contributed by atoms with van der Waals surface area (Å²) in [7, 11) is 0. The number of nitrogens with zero attached hydrogens (tertiary/aromatic N) is 1. The maximum atomic E-state index is 10.7. The standard InChI is InChI=1S/C6H12N2O2/c1-4(2)5-3-10-6(9)8(5)7/h4-5H,3,7H2,1-2H3. The van der Waals surface area contributed by atoms with E-state index < -0.39 is 6.09 Å². The Morgan fingerprint density at radius 3 is 2.60 bits per heavy atom. The fourth-order valence-corrected chi connectivity index (χ4v) is 0.961. The number of carbonyl (C=O) groups excluding carboxylic acids is 1. The number of hydrazine groups is 1. The molecule has 0 bridgehead atoms. The fraction of sp³-hybridized carbons (Fsp3) is 0.833. The highest BCUT2D eigenvalue weighted by atomic mass is 16.6. The minimum absolute atomic E-state index is 0.0486. The highest BCUT2D eigenvalue weighted by Crippen LogP contribution is 2.14. The molecule has 0 saturated carbocycles. The largest absolute Gasteiger partial charge is 0.446 e. The van der Waals surface area contributed by atoms with Crippen molar-refractivity contribution in [3.05, 3.63) is 0 Å². The van der Waals surface area contributed by atoms with Crippen LogP contribution in [0.25, 0.3) is 0 Å². The molecule has 1 saturated heterocycles. The number of ether oxygens (including phenoxy) is 1. The average molecular weight is 144 g/mol. The Balaban J connectivity index is 2.57. The van der Waals surface area contributed by atoms with Crippen LogP contribution in [0.4, 0.5) is 4.79 Å². The van der Waals surface area contributed by atoms with Gasteiger partial charge in [0.25, 0.3) is 0 Å². The van der Waals surface area contributed by atoms with Gasteiger partial charge in [0.15, 0.2) is 0 Å². The van der Waals surface area contributed by atoms with Crippen molar-refractivity contribution in [2.45, 2.75) is 19.9 Å². The number of amides is 1. The molecule has 4 heteroatoms. The van der Waals surface area contributed by atoms with Crippen LogP contribution in [0.15, 0.2) is 0 Å². The first-order chi connectivity index (χ1) is 4.63. The van der Waals surface area contributed by atoms with E-state index in [-0.39, 0.29) is 6.04 Å². The molecule has 58 valence electrons. The number of carbonyl (C=O) groups is 1. The van der Waals surface area contributed by atoms with Crippen LogP contribution < -0.4 is 5.84 Å². The van der Waals surface area contributed by atoms with Crippen molar-refractivity contribution < 1.29 is 9.53 Å². The topological polar surface area (TPSA) is 55.6 Å². The summed E-state index contributed by atoms with van der Waals surface area (Å²) in [6, 6.07) is 0.0486. The number of rotatable bonds is 1. The third kappa shape index (κ3) is 1.07. The second-order valence-electron chi connectivity index (χ2n) is 2.80. The van der Waals surface area contributed by atoms with Crippen LogP contribution in [0.2, 0.25) is 0 Å². The molecule has 1 unspecified atom stereocenters. The third-order valence-corrected chi connectivity index (χ3v) is 1.72. The normalized spacial score (nSPS) is 25.8. The highest BCUT2D eigenvalue weighted by Gasteiger charge is 2.32. The van der Waals surface area contributed by atoms with Gasteiger partial charge >= 0.3 is 6.09 Å². The summed E-state index contributed by atoms with van der Waals surface area (Å²) in [6.45, 7) is 4.44. The molecule has 0 aromatic heterocycles. The molecular formula is C6H12N2O2. The zero-order chi connectivity index (χ0) is 7.72. The van der Waals surface area contributed by atoms with Gasteiger partial charge in [0.05, 0.1) is 6.04 Å². The lowest BCUT2D eigenvalue weighted by Crippen LogP contribution is -2.42. The average Bonchev–Trinajstić information content (AvgIpc) is 2.14. The minimum atomic E-state index is -0.418. The molecule has 1 aliphatic heterocycles. The summed E-state index contributed by atoms with van der Waals surface area (Å²) < 4.78 is 4.70. The van der Waals surface area contributed by atoms with Gasteiger partial charge in [-0.2, -0.15) is 0 Å². The first-order valence-corrected chi connectivity index (χ1v) is 3.33. The van der Waals surface area contributed by atoms with E-state index in [0.717, 1.165) is 5.01 Å². The first kappa shape index (κ1) is 7.34. The Hall–Kier alpha value is -0.770. The van der Waals surface area contributed by atoms with Gasteiger partial charge in [-0.25, -0.2) is 15.6 Å². The lowest BCUT2D eigenvalue weighted by molar-refractivity contribution is 0.157. The number of cyclic esters (lactones) is 1. The van der Waals surface area contributed by atoms with Gasteiger partial charge in [-0.3, -0.25) is 0 Å². The minimum Gasteiger partial charge on any atom is -0.446 e. The molecule has 1 heterocycles. The molecule has 1 aliphatic rings. The van der Waals surface area contributed by atoms with Crippen molar-refractivity contribution in [2.24, 2.45) is 11.8 Å². The van der Waals surface area contributed by atoms with Gasteiger partial charge in [0, 0.05) is 0 Å². The van der Waals surface area contributed by atoms with Crippen LogP contribution in [0, 0.1) is 5.92 Å². The Kier molecular flexibility index (Phi) is 1.80. The quantitative estimate of drug-likeness (QED) is 0.426. The smallest absolute Gasteiger partial charge is 0.424 e. The summed E-state index contributed by atoms with van der Waals surface area (Å²) >= 11 is 0. The maximum Gasteiger partial charge on any atom is 0.424 e. The van der Waals surface area contributed by atoms with E-state index in [2.05, 4.69) is 0 Å². The van der Waals surface area contributed by atoms with Crippen LogP contribution in [0.5, 0.6) is 0 Å². The molecule has 4 nitrogen and oxygen atoms in total. The molecule has 0 aromatic carbocycles. The molecule has 1 rings (SSSR count).